The molecule has 0 bridgehead atoms. The number of ketones is 1. The zero-order valence-corrected chi connectivity index (χ0v) is 12.4. The van der Waals surface area contributed by atoms with Crippen LogP contribution in [0.25, 0.3) is 6.08 Å². The molecule has 0 N–H and O–H groups in total. The molecule has 0 amide bonds. The lowest BCUT2D eigenvalue weighted by Crippen LogP contribution is -2.04. The van der Waals surface area contributed by atoms with Gasteiger partial charge in [-0.25, -0.2) is 4.98 Å². The van der Waals surface area contributed by atoms with Gasteiger partial charge in [-0.1, -0.05) is 0 Å². The molecule has 94 valence electrons. The zero-order chi connectivity index (χ0) is 13.1. The molecule has 0 saturated carbocycles. The summed E-state index contributed by atoms with van der Waals surface area (Å²) in [6.45, 7) is 4.09. The molecular weight excluding hydrogens is 314 g/mol. The van der Waals surface area contributed by atoms with Crippen LogP contribution in [0.5, 0.6) is 0 Å². The van der Waals surface area contributed by atoms with Crippen LogP contribution in [0.2, 0.25) is 0 Å². The molecule has 0 aliphatic rings. The van der Waals surface area contributed by atoms with E-state index in [1.165, 1.54) is 17.4 Å². The van der Waals surface area contributed by atoms with Crippen LogP contribution >= 0.6 is 27.3 Å². The third-order valence-corrected chi connectivity index (χ3v) is 3.85. The smallest absolute Gasteiger partial charge is 0.214 e. The number of hydrogen-bond donors (Lipinski definition) is 0. The number of aromatic nitrogens is 3. The van der Waals surface area contributed by atoms with E-state index in [9.17, 15) is 4.79 Å². The van der Waals surface area contributed by atoms with Crippen molar-refractivity contribution < 1.29 is 4.79 Å². The first-order valence-electron chi connectivity index (χ1n) is 5.45. The molecule has 0 atom stereocenters. The average Bonchev–Trinajstić information content (AvgIpc) is 2.94. The van der Waals surface area contributed by atoms with E-state index >= 15 is 0 Å². The topological polar surface area (TPSA) is 47.8 Å². The summed E-state index contributed by atoms with van der Waals surface area (Å²) in [6.07, 6.45) is 5.02. The molecule has 0 fully saturated rings. The number of halogens is 1. The minimum absolute atomic E-state index is 0.0952. The zero-order valence-electron chi connectivity index (χ0n) is 10.0. The van der Waals surface area contributed by atoms with Crippen LogP contribution in [-0.4, -0.2) is 20.5 Å². The van der Waals surface area contributed by atoms with E-state index in [0.717, 1.165) is 5.69 Å². The Bertz CT molecular complexity index is 586. The van der Waals surface area contributed by atoms with E-state index in [-0.39, 0.29) is 11.8 Å². The maximum Gasteiger partial charge on any atom is 0.214 e. The van der Waals surface area contributed by atoms with Crippen LogP contribution < -0.4 is 0 Å². The Morgan fingerprint density at radius 1 is 1.56 bits per heavy atom. The van der Waals surface area contributed by atoms with Crippen molar-refractivity contribution in [1.82, 2.24) is 14.8 Å². The summed E-state index contributed by atoms with van der Waals surface area (Å²) < 4.78 is 2.55. The van der Waals surface area contributed by atoms with Crippen molar-refractivity contribution in [2.75, 3.05) is 0 Å². The normalized spacial score (nSPS) is 11.6. The molecule has 2 rings (SSSR count). The molecule has 0 unspecified atom stereocenters. The van der Waals surface area contributed by atoms with Gasteiger partial charge >= 0.3 is 0 Å². The first kappa shape index (κ1) is 13.2. The van der Waals surface area contributed by atoms with E-state index in [0.29, 0.717) is 9.61 Å². The van der Waals surface area contributed by atoms with Gasteiger partial charge in [-0.3, -0.25) is 9.48 Å². The summed E-state index contributed by atoms with van der Waals surface area (Å²) in [5.74, 6) is -0.0952. The second-order valence-corrected chi connectivity index (χ2v) is 5.64. The van der Waals surface area contributed by atoms with Gasteiger partial charge in [0.25, 0.3) is 0 Å². The molecule has 0 saturated heterocycles. The SMILES string of the molecule is CC(C)n1nccc1/C=C/C(=O)c1nc(Br)cs1. The standard InChI is InChI=1S/C12H12BrN3OS/c1-8(2)16-9(5-6-14-16)3-4-10(17)12-15-11(13)7-18-12/h3-8H,1-2H3/b4-3+. The average molecular weight is 326 g/mol. The predicted molar refractivity (Wildman–Crippen MR) is 75.8 cm³/mol. The first-order chi connectivity index (χ1) is 8.58. The molecule has 0 aliphatic carbocycles. The van der Waals surface area contributed by atoms with Crippen molar-refractivity contribution in [3.8, 4) is 0 Å². The van der Waals surface area contributed by atoms with Gasteiger partial charge in [0, 0.05) is 17.6 Å². The van der Waals surface area contributed by atoms with E-state index in [1.807, 2.05) is 24.6 Å². The summed E-state index contributed by atoms with van der Waals surface area (Å²) in [7, 11) is 0. The highest BCUT2D eigenvalue weighted by molar-refractivity contribution is 9.10. The Morgan fingerprint density at radius 3 is 2.94 bits per heavy atom. The molecule has 6 heteroatoms. The van der Waals surface area contributed by atoms with E-state index < -0.39 is 0 Å². The molecule has 2 aromatic rings. The second kappa shape index (κ2) is 5.58. The maximum absolute atomic E-state index is 11.8. The Balaban J connectivity index is 2.16. The quantitative estimate of drug-likeness (QED) is 0.637. The number of carbonyl (C=O) groups is 1. The van der Waals surface area contributed by atoms with Crippen molar-refractivity contribution in [3.05, 3.63) is 39.0 Å². The highest BCUT2D eigenvalue weighted by atomic mass is 79.9. The third-order valence-electron chi connectivity index (χ3n) is 2.28. The lowest BCUT2D eigenvalue weighted by molar-refractivity contribution is 0.104. The van der Waals surface area contributed by atoms with Crippen LogP contribution in [0.4, 0.5) is 0 Å². The lowest BCUT2D eigenvalue weighted by atomic mass is 10.3. The van der Waals surface area contributed by atoms with Crippen molar-refractivity contribution >= 4 is 39.1 Å². The molecule has 0 aliphatic heterocycles. The van der Waals surface area contributed by atoms with Gasteiger partial charge in [0.1, 0.15) is 4.60 Å². The molecule has 0 aromatic carbocycles. The third kappa shape index (κ3) is 2.94. The molecule has 18 heavy (non-hydrogen) atoms. The Kier molecular flexibility index (Phi) is 4.08. The highest BCUT2D eigenvalue weighted by Crippen LogP contribution is 2.16. The number of rotatable bonds is 4. The first-order valence-corrected chi connectivity index (χ1v) is 7.12. The fraction of sp³-hybridized carbons (Fsp3) is 0.250. The Hall–Kier alpha value is -1.27. The summed E-state index contributed by atoms with van der Waals surface area (Å²) in [4.78, 5) is 15.9. The fourth-order valence-electron chi connectivity index (χ4n) is 1.49. The number of carbonyl (C=O) groups excluding carboxylic acids is 1. The molecular formula is C12H12BrN3OS. The van der Waals surface area contributed by atoms with Crippen molar-refractivity contribution in [3.63, 3.8) is 0 Å². The van der Waals surface area contributed by atoms with Gasteiger partial charge in [-0.2, -0.15) is 5.10 Å². The van der Waals surface area contributed by atoms with Gasteiger partial charge in [-0.05, 0) is 48.0 Å². The van der Waals surface area contributed by atoms with Crippen LogP contribution in [-0.2, 0) is 0 Å². The number of allylic oxidation sites excluding steroid dienone is 1. The van der Waals surface area contributed by atoms with Crippen molar-refractivity contribution in [1.29, 1.82) is 0 Å². The van der Waals surface area contributed by atoms with Crippen LogP contribution in [0.15, 0.2) is 28.3 Å². The maximum atomic E-state index is 11.8. The summed E-state index contributed by atoms with van der Waals surface area (Å²) in [5.41, 5.74) is 0.911. The Morgan fingerprint density at radius 2 is 2.33 bits per heavy atom. The number of hydrogen-bond acceptors (Lipinski definition) is 4. The minimum Gasteiger partial charge on any atom is -0.287 e. The monoisotopic (exact) mass is 325 g/mol. The van der Waals surface area contributed by atoms with Gasteiger partial charge in [-0.15, -0.1) is 11.3 Å². The molecule has 0 spiro atoms. The van der Waals surface area contributed by atoms with Gasteiger partial charge < -0.3 is 0 Å². The molecule has 4 nitrogen and oxygen atoms in total. The summed E-state index contributed by atoms with van der Waals surface area (Å²) in [5, 5.41) is 6.48. The van der Waals surface area contributed by atoms with Gasteiger partial charge in [0.15, 0.2) is 5.01 Å². The Labute approximate surface area is 117 Å². The van der Waals surface area contributed by atoms with Gasteiger partial charge in [0.05, 0.1) is 5.69 Å². The second-order valence-electron chi connectivity index (χ2n) is 3.97. The van der Waals surface area contributed by atoms with E-state index in [4.69, 9.17) is 0 Å². The van der Waals surface area contributed by atoms with Crippen molar-refractivity contribution in [2.45, 2.75) is 19.9 Å². The van der Waals surface area contributed by atoms with Gasteiger partial charge in [0.2, 0.25) is 5.78 Å². The van der Waals surface area contributed by atoms with Crippen LogP contribution in [0.1, 0.15) is 35.4 Å². The largest absolute Gasteiger partial charge is 0.287 e. The number of nitrogens with zero attached hydrogens (tertiary/aromatic N) is 3. The predicted octanol–water partition coefficient (Wildman–Crippen LogP) is 3.58. The lowest BCUT2D eigenvalue weighted by Gasteiger charge is -2.07. The highest BCUT2D eigenvalue weighted by Gasteiger charge is 2.08. The van der Waals surface area contributed by atoms with Crippen LogP contribution in [0, 0.1) is 0 Å². The fourth-order valence-corrected chi connectivity index (χ4v) is 2.66. The molecule has 0 radical (unpaired) electrons. The number of thiazole rings is 1. The molecule has 2 heterocycles. The van der Waals surface area contributed by atoms with Crippen molar-refractivity contribution in [2.24, 2.45) is 0 Å². The van der Waals surface area contributed by atoms with E-state index in [2.05, 4.69) is 26.0 Å². The van der Waals surface area contributed by atoms with E-state index in [1.54, 1.807) is 17.7 Å². The van der Waals surface area contributed by atoms with Crippen LogP contribution in [0.3, 0.4) is 0 Å². The minimum atomic E-state index is -0.0952. The summed E-state index contributed by atoms with van der Waals surface area (Å²) in [6, 6.07) is 2.14. The summed E-state index contributed by atoms with van der Waals surface area (Å²) >= 11 is 4.55. The molecule has 2 aromatic heterocycles.